The second kappa shape index (κ2) is 9.75. The Hall–Kier alpha value is -4.68. The standard InChI is InChI=1S/C29H28N2O10/c1-31(2)22-17-11-13-10-16-15(12-4-6-14(7-5-12)41-28(38)40-3)8-9-18(32)20(16)23(33)19(13)25(35)29(17,39)26(36)21(24(22)34)27(30)37/h4-9,13,17,22,32-33,36,39H,10-11H2,1-3H3,(H2,30,37)/t13-,17-,22-,29-/m0/s1. The smallest absolute Gasteiger partial charge is 0.508 e. The van der Waals surface area contributed by atoms with Gasteiger partial charge in [0.15, 0.2) is 11.4 Å². The van der Waals surface area contributed by atoms with Crippen LogP contribution in [0, 0.1) is 11.8 Å². The van der Waals surface area contributed by atoms with E-state index in [2.05, 4.69) is 4.74 Å². The lowest BCUT2D eigenvalue weighted by Crippen LogP contribution is -2.65. The van der Waals surface area contributed by atoms with Crippen molar-refractivity contribution in [3.8, 4) is 22.6 Å². The lowest BCUT2D eigenvalue weighted by atomic mass is 9.57. The van der Waals surface area contributed by atoms with Crippen LogP contribution in [0.1, 0.15) is 17.5 Å². The van der Waals surface area contributed by atoms with E-state index in [0.29, 0.717) is 16.7 Å². The lowest BCUT2D eigenvalue weighted by Gasteiger charge is -2.50. The number of amides is 1. The van der Waals surface area contributed by atoms with Gasteiger partial charge in [-0.15, -0.1) is 0 Å². The molecule has 0 saturated heterocycles. The van der Waals surface area contributed by atoms with Crippen molar-refractivity contribution in [2.75, 3.05) is 21.2 Å². The molecule has 6 N–H and O–H groups in total. The first-order chi connectivity index (χ1) is 19.3. The highest BCUT2D eigenvalue weighted by atomic mass is 16.7. The van der Waals surface area contributed by atoms with Crippen molar-refractivity contribution >= 4 is 29.4 Å². The number of aromatic hydroxyl groups is 1. The van der Waals surface area contributed by atoms with Gasteiger partial charge in [-0.05, 0) is 67.7 Å². The van der Waals surface area contributed by atoms with Crippen molar-refractivity contribution in [1.82, 2.24) is 4.90 Å². The number of hydrogen-bond acceptors (Lipinski definition) is 11. The minimum atomic E-state index is -2.70. The average molecular weight is 565 g/mol. The Kier molecular flexibility index (Phi) is 6.63. The van der Waals surface area contributed by atoms with E-state index in [9.17, 15) is 39.6 Å². The fraction of sp³-hybridized carbons (Fsp3) is 0.310. The van der Waals surface area contributed by atoms with Crippen LogP contribution in [0.5, 0.6) is 11.5 Å². The molecule has 0 spiro atoms. The normalized spacial score (nSPS) is 25.4. The maximum atomic E-state index is 13.9. The van der Waals surface area contributed by atoms with Crippen LogP contribution in [0.4, 0.5) is 4.79 Å². The summed E-state index contributed by atoms with van der Waals surface area (Å²) >= 11 is 0. The van der Waals surface area contributed by atoms with E-state index < -0.39 is 64.2 Å². The van der Waals surface area contributed by atoms with Gasteiger partial charge in [-0.1, -0.05) is 18.2 Å². The molecule has 0 radical (unpaired) electrons. The molecule has 12 heteroatoms. The summed E-state index contributed by atoms with van der Waals surface area (Å²) in [4.78, 5) is 52.1. The fourth-order valence-corrected chi connectivity index (χ4v) is 6.35. The molecule has 0 aliphatic heterocycles. The minimum Gasteiger partial charge on any atom is -0.508 e. The third-order valence-electron chi connectivity index (χ3n) is 8.14. The number of likely N-dealkylation sites (N-methyl/N-ethyl adjacent to an activating group) is 1. The molecule has 4 atom stereocenters. The molecule has 0 unspecified atom stereocenters. The number of carbonyl (C=O) groups is 4. The molecule has 1 amide bonds. The summed E-state index contributed by atoms with van der Waals surface area (Å²) in [5.41, 5.74) is 3.31. The molecule has 0 aromatic heterocycles. The van der Waals surface area contributed by atoms with Gasteiger partial charge in [-0.2, -0.15) is 0 Å². The molecule has 0 bridgehead atoms. The fourth-order valence-electron chi connectivity index (χ4n) is 6.35. The van der Waals surface area contributed by atoms with Crippen molar-refractivity contribution in [3.63, 3.8) is 0 Å². The van der Waals surface area contributed by atoms with Gasteiger partial charge in [0.05, 0.1) is 18.7 Å². The molecule has 0 heterocycles. The van der Waals surface area contributed by atoms with E-state index in [1.54, 1.807) is 30.3 Å². The third-order valence-corrected chi connectivity index (χ3v) is 8.14. The zero-order valence-electron chi connectivity index (χ0n) is 22.4. The number of aliphatic hydroxyl groups excluding tert-OH is 2. The van der Waals surface area contributed by atoms with Crippen LogP contribution in [-0.2, 0) is 25.5 Å². The van der Waals surface area contributed by atoms with Gasteiger partial charge in [-0.3, -0.25) is 19.3 Å². The Morgan fingerprint density at radius 1 is 1.05 bits per heavy atom. The molecule has 5 rings (SSSR count). The van der Waals surface area contributed by atoms with E-state index in [4.69, 9.17) is 10.5 Å². The second-order valence-electron chi connectivity index (χ2n) is 10.5. The maximum Gasteiger partial charge on any atom is 0.513 e. The zero-order valence-corrected chi connectivity index (χ0v) is 22.4. The van der Waals surface area contributed by atoms with Crippen LogP contribution in [0.3, 0.4) is 0 Å². The molecule has 2 aromatic carbocycles. The Balaban J connectivity index is 1.65. The topological polar surface area (TPSA) is 197 Å². The summed E-state index contributed by atoms with van der Waals surface area (Å²) in [5.74, 6) is -6.87. The maximum absolute atomic E-state index is 13.9. The molecule has 2 aromatic rings. The summed E-state index contributed by atoms with van der Waals surface area (Å²) < 4.78 is 9.51. The summed E-state index contributed by atoms with van der Waals surface area (Å²) in [6, 6.07) is 8.24. The van der Waals surface area contributed by atoms with Crippen LogP contribution >= 0.6 is 0 Å². The summed E-state index contributed by atoms with van der Waals surface area (Å²) in [6.07, 6.45) is -0.767. The van der Waals surface area contributed by atoms with Crippen molar-refractivity contribution in [1.29, 1.82) is 0 Å². The van der Waals surface area contributed by atoms with E-state index in [1.165, 1.54) is 32.2 Å². The number of carbonyl (C=O) groups excluding carboxylic acids is 4. The summed E-state index contributed by atoms with van der Waals surface area (Å²) in [7, 11) is 4.26. The van der Waals surface area contributed by atoms with Gasteiger partial charge < -0.3 is 35.6 Å². The Labute approximate surface area is 233 Å². The van der Waals surface area contributed by atoms with E-state index >= 15 is 0 Å². The average Bonchev–Trinajstić information content (AvgIpc) is 2.91. The SMILES string of the molecule is COC(=O)Oc1ccc(-c2ccc(O)c3c2C[C@H]2C[C@H]4[C@H](N(C)C)C(=O)C(C(N)=O)=C(O)[C@@]4(O)C(=O)C2=C3O)cc1. The molecule has 1 saturated carbocycles. The van der Waals surface area contributed by atoms with Crippen LogP contribution in [0.2, 0.25) is 0 Å². The molecule has 12 nitrogen and oxygen atoms in total. The Morgan fingerprint density at radius 2 is 1.71 bits per heavy atom. The van der Waals surface area contributed by atoms with Crippen molar-refractivity contribution in [2.24, 2.45) is 17.6 Å². The first kappa shape index (κ1) is 27.9. The number of benzene rings is 2. The molecular weight excluding hydrogens is 536 g/mol. The van der Waals surface area contributed by atoms with E-state index in [-0.39, 0.29) is 35.5 Å². The summed E-state index contributed by atoms with van der Waals surface area (Å²) in [6.45, 7) is 0. The predicted molar refractivity (Wildman–Crippen MR) is 143 cm³/mol. The van der Waals surface area contributed by atoms with Crippen LogP contribution in [0.15, 0.2) is 53.3 Å². The highest BCUT2D eigenvalue weighted by Crippen LogP contribution is 2.53. The number of primary amides is 1. The minimum absolute atomic E-state index is 0.0197. The number of fused-ring (bicyclic) bond motifs is 3. The van der Waals surface area contributed by atoms with Gasteiger partial charge in [0.1, 0.15) is 28.6 Å². The zero-order chi connectivity index (χ0) is 30.0. The number of methoxy groups -OCH3 is 1. The number of aliphatic hydroxyl groups is 3. The number of hydrogen-bond donors (Lipinski definition) is 5. The highest BCUT2D eigenvalue weighted by Gasteiger charge is 2.64. The summed E-state index contributed by atoms with van der Waals surface area (Å²) in [5, 5.41) is 44.8. The van der Waals surface area contributed by atoms with Gasteiger partial charge in [0.2, 0.25) is 5.78 Å². The largest absolute Gasteiger partial charge is 0.513 e. The number of rotatable bonds is 4. The van der Waals surface area contributed by atoms with Crippen molar-refractivity contribution < 1.29 is 49.1 Å². The van der Waals surface area contributed by atoms with Crippen LogP contribution in [-0.4, -0.2) is 81.8 Å². The van der Waals surface area contributed by atoms with Gasteiger partial charge in [0.25, 0.3) is 5.91 Å². The first-order valence-corrected chi connectivity index (χ1v) is 12.7. The quantitative estimate of drug-likeness (QED) is 0.206. The van der Waals surface area contributed by atoms with Gasteiger partial charge in [0, 0.05) is 11.5 Å². The third kappa shape index (κ3) is 4.06. The van der Waals surface area contributed by atoms with Crippen LogP contribution in [0.25, 0.3) is 16.9 Å². The van der Waals surface area contributed by atoms with Crippen molar-refractivity contribution in [3.05, 3.63) is 64.4 Å². The van der Waals surface area contributed by atoms with Gasteiger partial charge >= 0.3 is 6.16 Å². The predicted octanol–water partition coefficient (Wildman–Crippen LogP) is 1.78. The molecule has 41 heavy (non-hydrogen) atoms. The molecular formula is C29H28N2O10. The highest BCUT2D eigenvalue weighted by molar-refractivity contribution is 6.24. The molecule has 3 aliphatic rings. The number of nitrogens with two attached hydrogens (primary N) is 1. The Morgan fingerprint density at radius 3 is 2.29 bits per heavy atom. The first-order valence-electron chi connectivity index (χ1n) is 12.7. The van der Waals surface area contributed by atoms with Crippen molar-refractivity contribution in [2.45, 2.75) is 24.5 Å². The number of ether oxygens (including phenoxy) is 2. The number of phenols is 1. The number of nitrogens with zero attached hydrogens (tertiary/aromatic N) is 1. The number of Topliss-reactive ketones (excluding diaryl/α,β-unsaturated/α-hetero) is 2. The van der Waals surface area contributed by atoms with Gasteiger partial charge in [-0.25, -0.2) is 4.79 Å². The lowest BCUT2D eigenvalue weighted by molar-refractivity contribution is -0.153. The number of ketones is 2. The molecule has 1 fully saturated rings. The monoisotopic (exact) mass is 564 g/mol. The van der Waals surface area contributed by atoms with Crippen LogP contribution < -0.4 is 10.5 Å². The van der Waals surface area contributed by atoms with E-state index in [0.717, 1.165) is 0 Å². The number of phenolic OH excluding ortho intramolecular Hbond substituents is 1. The second-order valence-corrected chi connectivity index (χ2v) is 10.5. The molecule has 214 valence electrons. The molecule has 3 aliphatic carbocycles. The Bertz CT molecular complexity index is 1570. The van der Waals surface area contributed by atoms with E-state index in [1.807, 2.05) is 0 Å².